The first kappa shape index (κ1) is 15.6. The first-order chi connectivity index (χ1) is 12.1. The van der Waals surface area contributed by atoms with Crippen molar-refractivity contribution in [1.82, 2.24) is 24.4 Å². The molecule has 4 rings (SSSR count). The van der Waals surface area contributed by atoms with Crippen molar-refractivity contribution in [3.8, 4) is 17.5 Å². The van der Waals surface area contributed by atoms with Crippen LogP contribution in [-0.2, 0) is 0 Å². The molecule has 3 aromatic heterocycles. The molecule has 0 aliphatic heterocycles. The van der Waals surface area contributed by atoms with Gasteiger partial charge in [0.2, 0.25) is 0 Å². The predicted octanol–water partition coefficient (Wildman–Crippen LogP) is 3.00. The highest BCUT2D eigenvalue weighted by Crippen LogP contribution is 2.31. The molecule has 0 saturated heterocycles. The summed E-state index contributed by atoms with van der Waals surface area (Å²) in [6.07, 6.45) is 8.17. The Morgan fingerprint density at radius 2 is 2.12 bits per heavy atom. The average Bonchev–Trinajstić information content (AvgIpc) is 3.33. The highest BCUT2D eigenvalue weighted by molar-refractivity contribution is 5.65. The molecule has 0 amide bonds. The standard InChI is InChI=1S/C18H20N6O/c1-11(2)15-16(14-7-8-23(22-14)13-5-3-4-6-13)21-17-12(9-19)10-20-24(17)18(15)25/h7-8,10-11,13,21H,3-6H2,1-2H3. The summed E-state index contributed by atoms with van der Waals surface area (Å²) >= 11 is 0. The summed E-state index contributed by atoms with van der Waals surface area (Å²) in [5, 5.41) is 18.0. The minimum atomic E-state index is -0.198. The Hall–Kier alpha value is -2.88. The predicted molar refractivity (Wildman–Crippen MR) is 93.3 cm³/mol. The maximum atomic E-state index is 12.9. The number of nitriles is 1. The van der Waals surface area contributed by atoms with Crippen molar-refractivity contribution < 1.29 is 0 Å². The van der Waals surface area contributed by atoms with Gasteiger partial charge in [-0.25, -0.2) is 0 Å². The fourth-order valence-corrected chi connectivity index (χ4v) is 3.69. The van der Waals surface area contributed by atoms with E-state index in [2.05, 4.69) is 16.2 Å². The van der Waals surface area contributed by atoms with E-state index < -0.39 is 0 Å². The lowest BCUT2D eigenvalue weighted by Crippen LogP contribution is -2.22. The van der Waals surface area contributed by atoms with E-state index in [1.807, 2.05) is 30.8 Å². The molecule has 0 bridgehead atoms. The van der Waals surface area contributed by atoms with Crippen LogP contribution in [-0.4, -0.2) is 24.4 Å². The molecule has 1 aliphatic rings. The van der Waals surface area contributed by atoms with E-state index in [4.69, 9.17) is 5.10 Å². The van der Waals surface area contributed by atoms with Gasteiger partial charge < -0.3 is 4.98 Å². The molecule has 25 heavy (non-hydrogen) atoms. The van der Waals surface area contributed by atoms with E-state index in [1.54, 1.807) is 0 Å². The quantitative estimate of drug-likeness (QED) is 0.796. The SMILES string of the molecule is CC(C)c1c(-c2ccn(C3CCCC3)n2)[nH]c2c(C#N)cnn2c1=O. The first-order valence-corrected chi connectivity index (χ1v) is 8.69. The van der Waals surface area contributed by atoms with Crippen molar-refractivity contribution in [2.75, 3.05) is 0 Å². The molecule has 0 spiro atoms. The molecular formula is C18H20N6O. The molecule has 3 heterocycles. The Labute approximate surface area is 144 Å². The minimum absolute atomic E-state index is 0.00881. The molecule has 1 saturated carbocycles. The zero-order chi connectivity index (χ0) is 17.6. The van der Waals surface area contributed by atoms with Crippen LogP contribution in [0.2, 0.25) is 0 Å². The van der Waals surface area contributed by atoms with Gasteiger partial charge in [0, 0.05) is 11.8 Å². The van der Waals surface area contributed by atoms with Gasteiger partial charge in [-0.05, 0) is 24.8 Å². The van der Waals surface area contributed by atoms with Crippen LogP contribution < -0.4 is 5.56 Å². The van der Waals surface area contributed by atoms with Crippen molar-refractivity contribution in [2.45, 2.75) is 51.5 Å². The second kappa shape index (κ2) is 5.88. The van der Waals surface area contributed by atoms with Gasteiger partial charge in [0.25, 0.3) is 5.56 Å². The van der Waals surface area contributed by atoms with Crippen molar-refractivity contribution in [2.24, 2.45) is 0 Å². The third-order valence-corrected chi connectivity index (χ3v) is 4.97. The Balaban J connectivity index is 1.92. The number of nitrogens with one attached hydrogen (secondary N) is 1. The van der Waals surface area contributed by atoms with E-state index >= 15 is 0 Å². The molecular weight excluding hydrogens is 316 g/mol. The number of fused-ring (bicyclic) bond motifs is 1. The van der Waals surface area contributed by atoms with Gasteiger partial charge in [-0.1, -0.05) is 26.7 Å². The number of hydrogen-bond donors (Lipinski definition) is 1. The molecule has 1 aliphatic carbocycles. The third-order valence-electron chi connectivity index (χ3n) is 4.97. The number of aromatic amines is 1. The summed E-state index contributed by atoms with van der Waals surface area (Å²) in [5.74, 6) is 0.00881. The zero-order valence-electron chi connectivity index (χ0n) is 14.4. The molecule has 7 nitrogen and oxygen atoms in total. The van der Waals surface area contributed by atoms with E-state index in [0.29, 0.717) is 28.5 Å². The van der Waals surface area contributed by atoms with E-state index in [1.165, 1.54) is 23.6 Å². The van der Waals surface area contributed by atoms with Crippen molar-refractivity contribution in [3.63, 3.8) is 0 Å². The normalized spacial score (nSPS) is 15.3. The average molecular weight is 336 g/mol. The van der Waals surface area contributed by atoms with Crippen LogP contribution in [0.15, 0.2) is 23.3 Å². The zero-order valence-corrected chi connectivity index (χ0v) is 14.4. The maximum absolute atomic E-state index is 12.9. The summed E-state index contributed by atoms with van der Waals surface area (Å²) in [6, 6.07) is 4.46. The summed E-state index contributed by atoms with van der Waals surface area (Å²) in [6.45, 7) is 3.95. The highest BCUT2D eigenvalue weighted by Gasteiger charge is 2.22. The lowest BCUT2D eigenvalue weighted by molar-refractivity contribution is 0.468. The van der Waals surface area contributed by atoms with Crippen LogP contribution >= 0.6 is 0 Å². The summed E-state index contributed by atoms with van der Waals surface area (Å²) in [5.41, 5.74) is 2.63. The topological polar surface area (TPSA) is 91.8 Å². The fourth-order valence-electron chi connectivity index (χ4n) is 3.69. The number of aromatic nitrogens is 5. The van der Waals surface area contributed by atoms with Crippen molar-refractivity contribution in [3.05, 3.63) is 39.9 Å². The lowest BCUT2D eigenvalue weighted by atomic mass is 10.0. The molecule has 3 aromatic rings. The van der Waals surface area contributed by atoms with Gasteiger partial charge in [-0.15, -0.1) is 0 Å². The van der Waals surface area contributed by atoms with Crippen LogP contribution in [0.3, 0.4) is 0 Å². The number of rotatable bonds is 3. The monoisotopic (exact) mass is 336 g/mol. The number of hydrogen-bond acceptors (Lipinski definition) is 4. The Bertz CT molecular complexity index is 1030. The van der Waals surface area contributed by atoms with Crippen LogP contribution in [0, 0.1) is 11.3 Å². The molecule has 1 N–H and O–H groups in total. The van der Waals surface area contributed by atoms with E-state index in [9.17, 15) is 10.1 Å². The Morgan fingerprint density at radius 3 is 2.80 bits per heavy atom. The van der Waals surface area contributed by atoms with Gasteiger partial charge >= 0.3 is 0 Å². The van der Waals surface area contributed by atoms with Gasteiger partial charge in [-0.3, -0.25) is 9.48 Å². The maximum Gasteiger partial charge on any atom is 0.278 e. The van der Waals surface area contributed by atoms with Gasteiger partial charge in [-0.2, -0.15) is 20.0 Å². The molecule has 1 fully saturated rings. The molecule has 0 unspecified atom stereocenters. The van der Waals surface area contributed by atoms with Crippen LogP contribution in [0.4, 0.5) is 0 Å². The first-order valence-electron chi connectivity index (χ1n) is 8.69. The van der Waals surface area contributed by atoms with Crippen molar-refractivity contribution >= 4 is 5.65 Å². The van der Waals surface area contributed by atoms with Crippen LogP contribution in [0.25, 0.3) is 17.0 Å². The van der Waals surface area contributed by atoms with E-state index in [0.717, 1.165) is 18.5 Å². The van der Waals surface area contributed by atoms with Gasteiger partial charge in [0.1, 0.15) is 17.3 Å². The van der Waals surface area contributed by atoms with Gasteiger partial charge in [0.15, 0.2) is 5.65 Å². The molecule has 128 valence electrons. The van der Waals surface area contributed by atoms with E-state index in [-0.39, 0.29) is 11.5 Å². The summed E-state index contributed by atoms with van der Waals surface area (Å²) in [7, 11) is 0. The number of H-pyrrole nitrogens is 1. The molecule has 0 radical (unpaired) electrons. The molecule has 0 aromatic carbocycles. The summed E-state index contributed by atoms with van der Waals surface area (Å²) in [4.78, 5) is 16.1. The Morgan fingerprint density at radius 1 is 1.36 bits per heavy atom. The van der Waals surface area contributed by atoms with Gasteiger partial charge in [0.05, 0.1) is 17.9 Å². The number of nitrogens with zero attached hydrogens (tertiary/aromatic N) is 5. The Kier molecular flexibility index (Phi) is 3.68. The van der Waals surface area contributed by atoms with Crippen LogP contribution in [0.5, 0.6) is 0 Å². The second-order valence-corrected chi connectivity index (χ2v) is 6.92. The third kappa shape index (κ3) is 2.45. The smallest absolute Gasteiger partial charge is 0.278 e. The molecule has 7 heteroatoms. The lowest BCUT2D eigenvalue weighted by Gasteiger charge is -2.12. The minimum Gasteiger partial charge on any atom is -0.337 e. The molecule has 0 atom stereocenters. The largest absolute Gasteiger partial charge is 0.337 e. The summed E-state index contributed by atoms with van der Waals surface area (Å²) < 4.78 is 3.28. The van der Waals surface area contributed by atoms with Crippen molar-refractivity contribution in [1.29, 1.82) is 5.26 Å². The second-order valence-electron chi connectivity index (χ2n) is 6.92. The fraction of sp³-hybridized carbons (Fsp3) is 0.444. The van der Waals surface area contributed by atoms with Crippen LogP contribution in [0.1, 0.15) is 62.6 Å². The highest BCUT2D eigenvalue weighted by atomic mass is 16.1.